The molecule has 2 aliphatic rings. The van der Waals surface area contributed by atoms with Crippen molar-refractivity contribution in [1.29, 1.82) is 0 Å². The van der Waals surface area contributed by atoms with Crippen LogP contribution in [0.1, 0.15) is 120 Å². The number of hydrogen-bond acceptors (Lipinski definition) is 7. The number of ether oxygens (including phenoxy) is 6. The van der Waals surface area contributed by atoms with E-state index in [1.165, 1.54) is 33.4 Å². The standard InChI is InChI=1S/C50H66O7/c1-31-18-38(26-41-24-37(7)47-42(27-41)14-16-49(10,56-47)15-13-17-52-12)19-32(2)44(31)53-29-43(51)28-48(8,9)55-45-33(3)20-39(21-34(45)4)25-40-22-35(5)46(36(6)23-40)57-50(11)30-54-50/h18-24,27,43,51H,13-17,25-26,28-30H2,1-12H3. The van der Waals surface area contributed by atoms with E-state index < -0.39 is 17.5 Å². The number of benzene rings is 4. The van der Waals surface area contributed by atoms with Crippen molar-refractivity contribution in [3.8, 4) is 23.0 Å². The van der Waals surface area contributed by atoms with E-state index >= 15 is 0 Å². The number of fused-ring (bicyclic) bond motifs is 1. The van der Waals surface area contributed by atoms with E-state index in [1.807, 2.05) is 20.8 Å². The number of hydrogen-bond donors (Lipinski definition) is 1. The SMILES string of the molecule is COCCCC1(C)CCc2cc(Cc3cc(C)c(OCC(O)CC(C)(C)Oc4c(C)cc(Cc5cc(C)c(OC6(C)CO6)c(C)c5)cc4C)c(C)c3)cc(C)c2O1. The highest BCUT2D eigenvalue weighted by molar-refractivity contribution is 5.50. The van der Waals surface area contributed by atoms with Gasteiger partial charge in [0.1, 0.15) is 47.4 Å². The monoisotopic (exact) mass is 778 g/mol. The first kappa shape index (κ1) is 42.6. The third-order valence-electron chi connectivity index (χ3n) is 11.5. The van der Waals surface area contributed by atoms with Crippen LogP contribution in [0.5, 0.6) is 23.0 Å². The van der Waals surface area contributed by atoms with Crippen molar-refractivity contribution >= 4 is 0 Å². The van der Waals surface area contributed by atoms with Crippen LogP contribution in [0, 0.1) is 48.5 Å². The topological polar surface area (TPSA) is 78.9 Å². The van der Waals surface area contributed by atoms with Gasteiger partial charge < -0.3 is 33.5 Å². The van der Waals surface area contributed by atoms with Gasteiger partial charge in [-0.15, -0.1) is 0 Å². The number of aliphatic hydroxyl groups is 1. The Bertz CT molecular complexity index is 2010. The average molecular weight is 779 g/mol. The maximum absolute atomic E-state index is 11.2. The maximum Gasteiger partial charge on any atom is 0.231 e. The fourth-order valence-electron chi connectivity index (χ4n) is 8.77. The molecule has 0 spiro atoms. The minimum Gasteiger partial charge on any atom is -0.490 e. The lowest BCUT2D eigenvalue weighted by atomic mass is 9.86. The average Bonchev–Trinajstić information content (AvgIpc) is 3.84. The van der Waals surface area contributed by atoms with Crippen LogP contribution in [0.4, 0.5) is 0 Å². The van der Waals surface area contributed by atoms with Crippen LogP contribution in [-0.2, 0) is 28.7 Å². The van der Waals surface area contributed by atoms with Gasteiger partial charge in [0.2, 0.25) is 5.79 Å². The van der Waals surface area contributed by atoms with Crippen molar-refractivity contribution in [2.24, 2.45) is 0 Å². The van der Waals surface area contributed by atoms with Gasteiger partial charge in [-0.25, -0.2) is 0 Å². The van der Waals surface area contributed by atoms with Gasteiger partial charge in [0, 0.05) is 27.1 Å². The second-order valence-corrected chi connectivity index (χ2v) is 18.1. The van der Waals surface area contributed by atoms with E-state index in [1.54, 1.807) is 7.11 Å². The highest BCUT2D eigenvalue weighted by atomic mass is 16.8. The van der Waals surface area contributed by atoms with Crippen LogP contribution in [0.3, 0.4) is 0 Å². The van der Waals surface area contributed by atoms with Gasteiger partial charge in [-0.05, 0) is 175 Å². The van der Waals surface area contributed by atoms with Crippen molar-refractivity contribution in [3.05, 3.63) is 115 Å². The van der Waals surface area contributed by atoms with Crippen molar-refractivity contribution in [3.63, 3.8) is 0 Å². The Morgan fingerprint density at radius 1 is 0.719 bits per heavy atom. The first-order chi connectivity index (χ1) is 26.8. The minimum atomic E-state index is -0.701. The lowest BCUT2D eigenvalue weighted by Crippen LogP contribution is -2.37. The fourth-order valence-corrected chi connectivity index (χ4v) is 8.77. The molecule has 4 aromatic rings. The van der Waals surface area contributed by atoms with Gasteiger partial charge in [0.15, 0.2) is 0 Å². The maximum atomic E-state index is 11.2. The molecule has 0 saturated carbocycles. The molecule has 0 radical (unpaired) electrons. The van der Waals surface area contributed by atoms with Gasteiger partial charge in [-0.3, -0.25) is 0 Å². The largest absolute Gasteiger partial charge is 0.490 e. The molecule has 2 aliphatic heterocycles. The summed E-state index contributed by atoms with van der Waals surface area (Å²) in [6, 6.07) is 17.9. The van der Waals surface area contributed by atoms with E-state index in [2.05, 4.69) is 104 Å². The molecule has 0 amide bonds. The van der Waals surface area contributed by atoms with Gasteiger partial charge in [-0.1, -0.05) is 48.5 Å². The van der Waals surface area contributed by atoms with E-state index in [0.29, 0.717) is 13.0 Å². The third-order valence-corrected chi connectivity index (χ3v) is 11.5. The van der Waals surface area contributed by atoms with E-state index in [4.69, 9.17) is 28.4 Å². The zero-order chi connectivity index (χ0) is 41.3. The molecule has 0 aliphatic carbocycles. The normalized spacial score (nSPS) is 19.5. The summed E-state index contributed by atoms with van der Waals surface area (Å²) in [6.07, 6.45) is 5.42. The number of epoxide rings is 1. The molecule has 308 valence electrons. The first-order valence-electron chi connectivity index (χ1n) is 20.8. The van der Waals surface area contributed by atoms with Gasteiger partial charge >= 0.3 is 0 Å². The predicted octanol–water partition coefficient (Wildman–Crippen LogP) is 10.7. The van der Waals surface area contributed by atoms with Crippen molar-refractivity contribution in [2.45, 2.75) is 144 Å². The van der Waals surface area contributed by atoms with Gasteiger partial charge in [0.25, 0.3) is 0 Å². The molecule has 1 N–H and O–H groups in total. The Morgan fingerprint density at radius 3 is 1.74 bits per heavy atom. The van der Waals surface area contributed by atoms with Crippen LogP contribution in [0.15, 0.2) is 48.5 Å². The van der Waals surface area contributed by atoms with E-state index in [-0.39, 0.29) is 12.2 Å². The summed E-state index contributed by atoms with van der Waals surface area (Å²) in [5, 5.41) is 11.2. The van der Waals surface area contributed by atoms with Gasteiger partial charge in [0.05, 0.1) is 6.10 Å². The molecular weight excluding hydrogens is 713 g/mol. The molecule has 1 saturated heterocycles. The molecule has 7 nitrogen and oxygen atoms in total. The number of methoxy groups -OCH3 is 1. The molecule has 57 heavy (non-hydrogen) atoms. The van der Waals surface area contributed by atoms with Gasteiger partial charge in [-0.2, -0.15) is 0 Å². The number of aryl methyl sites for hydroxylation is 8. The smallest absolute Gasteiger partial charge is 0.231 e. The van der Waals surface area contributed by atoms with Crippen LogP contribution in [0.25, 0.3) is 0 Å². The Morgan fingerprint density at radius 2 is 1.21 bits per heavy atom. The molecule has 6 rings (SSSR count). The zero-order valence-electron chi connectivity index (χ0n) is 36.7. The molecule has 4 aromatic carbocycles. The van der Waals surface area contributed by atoms with Crippen LogP contribution >= 0.6 is 0 Å². The first-order valence-corrected chi connectivity index (χ1v) is 20.8. The summed E-state index contributed by atoms with van der Waals surface area (Å²) in [5.41, 5.74) is 13.3. The highest BCUT2D eigenvalue weighted by Crippen LogP contribution is 2.40. The Labute approximate surface area is 342 Å². The molecule has 0 aromatic heterocycles. The summed E-state index contributed by atoms with van der Waals surface area (Å²) in [6.45, 7) is 24.6. The zero-order valence-corrected chi connectivity index (χ0v) is 36.7. The van der Waals surface area contributed by atoms with Crippen molar-refractivity contribution in [1.82, 2.24) is 0 Å². The second-order valence-electron chi connectivity index (χ2n) is 18.1. The molecule has 3 atom stereocenters. The Kier molecular flexibility index (Phi) is 12.7. The van der Waals surface area contributed by atoms with Crippen LogP contribution in [0.2, 0.25) is 0 Å². The lowest BCUT2D eigenvalue weighted by Gasteiger charge is -2.37. The summed E-state index contributed by atoms with van der Waals surface area (Å²) in [7, 11) is 1.76. The summed E-state index contributed by atoms with van der Waals surface area (Å²) in [4.78, 5) is 0. The van der Waals surface area contributed by atoms with Crippen molar-refractivity contribution < 1.29 is 33.5 Å². The summed E-state index contributed by atoms with van der Waals surface area (Å²) in [5.74, 6) is 3.18. The summed E-state index contributed by atoms with van der Waals surface area (Å²) < 4.78 is 36.4. The molecule has 3 unspecified atom stereocenters. The molecule has 2 heterocycles. The Hall–Kier alpha value is -4.04. The Balaban J connectivity index is 1.03. The van der Waals surface area contributed by atoms with E-state index in [9.17, 15) is 5.11 Å². The molecular formula is C50H66O7. The van der Waals surface area contributed by atoms with E-state index in [0.717, 1.165) is 102 Å². The quantitative estimate of drug-likeness (QED) is 0.0845. The highest BCUT2D eigenvalue weighted by Gasteiger charge is 2.43. The van der Waals surface area contributed by atoms with Crippen LogP contribution in [-0.4, -0.2) is 55.1 Å². The fraction of sp³-hybridized carbons (Fsp3) is 0.520. The summed E-state index contributed by atoms with van der Waals surface area (Å²) >= 11 is 0. The molecule has 7 heteroatoms. The second kappa shape index (κ2) is 17.1. The molecule has 1 fully saturated rings. The van der Waals surface area contributed by atoms with Crippen molar-refractivity contribution in [2.75, 3.05) is 26.9 Å². The van der Waals surface area contributed by atoms with Crippen LogP contribution < -0.4 is 18.9 Å². The minimum absolute atomic E-state index is 0.141. The third kappa shape index (κ3) is 10.7. The molecule has 0 bridgehead atoms. The number of rotatable bonds is 17. The lowest BCUT2D eigenvalue weighted by molar-refractivity contribution is 0.0165. The number of aliphatic hydroxyl groups excluding tert-OH is 1. The predicted molar refractivity (Wildman–Crippen MR) is 229 cm³/mol.